The third-order valence-corrected chi connectivity index (χ3v) is 5.04. The SMILES string of the molecule is Cn1c(=O)c2ccccc2n2c(Cn3cc(CC4COCCN4)nn3)nnc12. The van der Waals surface area contributed by atoms with E-state index in [1.54, 1.807) is 11.7 Å². The molecule has 28 heavy (non-hydrogen) atoms. The third kappa shape index (κ3) is 2.86. The van der Waals surface area contributed by atoms with Crippen LogP contribution in [0.2, 0.25) is 0 Å². The molecule has 4 heterocycles. The molecule has 1 aliphatic heterocycles. The van der Waals surface area contributed by atoms with Crippen molar-refractivity contribution in [3.8, 4) is 0 Å². The van der Waals surface area contributed by atoms with Crippen LogP contribution in [0.4, 0.5) is 0 Å². The van der Waals surface area contributed by atoms with Crippen molar-refractivity contribution in [3.63, 3.8) is 0 Å². The number of nitrogens with one attached hydrogen (secondary N) is 1. The molecule has 0 aliphatic carbocycles. The highest BCUT2D eigenvalue weighted by Crippen LogP contribution is 2.14. The number of fused-ring (bicyclic) bond motifs is 3. The fraction of sp³-hybridized carbons (Fsp3) is 0.389. The number of hydrogen-bond donors (Lipinski definition) is 1. The number of hydrogen-bond acceptors (Lipinski definition) is 7. The van der Waals surface area contributed by atoms with Crippen molar-refractivity contribution in [2.24, 2.45) is 7.05 Å². The molecule has 1 unspecified atom stereocenters. The maximum absolute atomic E-state index is 12.5. The number of aromatic nitrogens is 7. The lowest BCUT2D eigenvalue weighted by Crippen LogP contribution is -2.42. The lowest BCUT2D eigenvalue weighted by atomic mass is 10.1. The Hall–Kier alpha value is -3.11. The van der Waals surface area contributed by atoms with E-state index in [-0.39, 0.29) is 11.6 Å². The van der Waals surface area contributed by atoms with E-state index < -0.39 is 0 Å². The zero-order valence-electron chi connectivity index (χ0n) is 15.4. The van der Waals surface area contributed by atoms with Gasteiger partial charge in [0.25, 0.3) is 5.56 Å². The maximum Gasteiger partial charge on any atom is 0.262 e. The first-order valence-corrected chi connectivity index (χ1v) is 9.22. The van der Waals surface area contributed by atoms with Gasteiger partial charge in [0.05, 0.1) is 29.8 Å². The van der Waals surface area contributed by atoms with Crippen LogP contribution in [-0.4, -0.2) is 60.0 Å². The van der Waals surface area contributed by atoms with Gasteiger partial charge in [0, 0.05) is 32.3 Å². The number of benzene rings is 1. The molecule has 10 heteroatoms. The molecule has 0 bridgehead atoms. The molecule has 5 rings (SSSR count). The van der Waals surface area contributed by atoms with Gasteiger partial charge in [0.1, 0.15) is 6.54 Å². The molecular formula is C18H20N8O2. The van der Waals surface area contributed by atoms with Gasteiger partial charge in [-0.1, -0.05) is 17.3 Å². The van der Waals surface area contributed by atoms with Crippen LogP contribution < -0.4 is 10.9 Å². The zero-order chi connectivity index (χ0) is 19.1. The lowest BCUT2D eigenvalue weighted by Gasteiger charge is -2.22. The largest absolute Gasteiger partial charge is 0.379 e. The molecule has 10 nitrogen and oxygen atoms in total. The van der Waals surface area contributed by atoms with Crippen LogP contribution in [0.1, 0.15) is 11.5 Å². The molecule has 1 aliphatic rings. The summed E-state index contributed by atoms with van der Waals surface area (Å²) in [5.74, 6) is 1.19. The standard InChI is InChI=1S/C18H20N8O2/c1-24-17(27)14-4-2-3-5-15(14)26-16(21-22-18(24)26)10-25-9-12(20-23-25)8-13-11-28-7-6-19-13/h2-5,9,13,19H,6-8,10-11H2,1H3. The smallest absolute Gasteiger partial charge is 0.262 e. The summed E-state index contributed by atoms with van der Waals surface area (Å²) in [5, 5.41) is 21.1. The first-order chi connectivity index (χ1) is 13.7. The van der Waals surface area contributed by atoms with Crippen molar-refractivity contribution >= 4 is 16.7 Å². The van der Waals surface area contributed by atoms with Gasteiger partial charge in [-0.2, -0.15) is 0 Å². The molecule has 1 N–H and O–H groups in total. The number of nitrogens with zero attached hydrogens (tertiary/aromatic N) is 7. The van der Waals surface area contributed by atoms with Crippen LogP contribution >= 0.6 is 0 Å². The lowest BCUT2D eigenvalue weighted by molar-refractivity contribution is 0.0767. The number of aryl methyl sites for hydroxylation is 1. The summed E-state index contributed by atoms with van der Waals surface area (Å²) in [7, 11) is 1.70. The molecule has 1 fully saturated rings. The maximum atomic E-state index is 12.5. The number of rotatable bonds is 4. The minimum atomic E-state index is -0.0905. The Morgan fingerprint density at radius 1 is 1.25 bits per heavy atom. The van der Waals surface area contributed by atoms with E-state index in [1.807, 2.05) is 34.9 Å². The van der Waals surface area contributed by atoms with Crippen molar-refractivity contribution in [3.05, 3.63) is 52.3 Å². The summed E-state index contributed by atoms with van der Waals surface area (Å²) in [5.41, 5.74) is 1.59. The Kier molecular flexibility index (Phi) is 4.14. The van der Waals surface area contributed by atoms with Gasteiger partial charge in [0.2, 0.25) is 5.78 Å². The average molecular weight is 380 g/mol. The molecule has 0 amide bonds. The minimum absolute atomic E-state index is 0.0905. The van der Waals surface area contributed by atoms with Gasteiger partial charge in [-0.05, 0) is 12.1 Å². The monoisotopic (exact) mass is 380 g/mol. The summed E-state index contributed by atoms with van der Waals surface area (Å²) in [6, 6.07) is 7.72. The van der Waals surface area contributed by atoms with Crippen molar-refractivity contribution in [1.29, 1.82) is 0 Å². The summed E-state index contributed by atoms with van der Waals surface area (Å²) >= 11 is 0. The highest BCUT2D eigenvalue weighted by atomic mass is 16.5. The predicted octanol–water partition coefficient (Wildman–Crippen LogP) is -0.248. The minimum Gasteiger partial charge on any atom is -0.379 e. The quantitative estimate of drug-likeness (QED) is 0.521. The van der Waals surface area contributed by atoms with Gasteiger partial charge in [-0.3, -0.25) is 13.8 Å². The van der Waals surface area contributed by atoms with Crippen molar-refractivity contribution in [2.45, 2.75) is 19.0 Å². The van der Waals surface area contributed by atoms with E-state index in [0.717, 1.165) is 30.8 Å². The van der Waals surface area contributed by atoms with Crippen LogP contribution in [0.15, 0.2) is 35.3 Å². The Balaban J connectivity index is 1.48. The fourth-order valence-corrected chi connectivity index (χ4v) is 3.65. The van der Waals surface area contributed by atoms with E-state index in [1.165, 1.54) is 4.57 Å². The Morgan fingerprint density at radius 3 is 3.00 bits per heavy atom. The second-order valence-electron chi connectivity index (χ2n) is 6.97. The molecule has 1 atom stereocenters. The van der Waals surface area contributed by atoms with Crippen LogP contribution in [0, 0.1) is 0 Å². The van der Waals surface area contributed by atoms with Crippen LogP contribution in [0.5, 0.6) is 0 Å². The van der Waals surface area contributed by atoms with E-state index >= 15 is 0 Å². The van der Waals surface area contributed by atoms with Gasteiger partial charge in [-0.15, -0.1) is 15.3 Å². The summed E-state index contributed by atoms with van der Waals surface area (Å²) < 4.78 is 10.6. The second kappa shape index (κ2) is 6.80. The van der Waals surface area contributed by atoms with E-state index in [0.29, 0.717) is 30.1 Å². The van der Waals surface area contributed by atoms with E-state index in [4.69, 9.17) is 4.74 Å². The van der Waals surface area contributed by atoms with Gasteiger partial charge in [0.15, 0.2) is 5.82 Å². The first kappa shape index (κ1) is 17.0. The van der Waals surface area contributed by atoms with Crippen LogP contribution in [0.3, 0.4) is 0 Å². The predicted molar refractivity (Wildman–Crippen MR) is 101 cm³/mol. The second-order valence-corrected chi connectivity index (χ2v) is 6.97. The zero-order valence-corrected chi connectivity index (χ0v) is 15.4. The highest BCUT2D eigenvalue weighted by Gasteiger charge is 2.17. The van der Waals surface area contributed by atoms with Crippen LogP contribution in [0.25, 0.3) is 16.7 Å². The first-order valence-electron chi connectivity index (χ1n) is 9.22. The summed E-state index contributed by atoms with van der Waals surface area (Å²) in [4.78, 5) is 12.5. The molecule has 4 aromatic rings. The third-order valence-electron chi connectivity index (χ3n) is 5.04. The molecule has 0 radical (unpaired) electrons. The molecule has 0 spiro atoms. The van der Waals surface area contributed by atoms with Gasteiger partial charge >= 0.3 is 0 Å². The molecule has 1 aromatic carbocycles. The Morgan fingerprint density at radius 2 is 2.14 bits per heavy atom. The Bertz CT molecular complexity index is 1200. The summed E-state index contributed by atoms with van der Waals surface area (Å²) in [6.45, 7) is 2.70. The number of morpholine rings is 1. The number of ether oxygens (including phenoxy) is 1. The molecular weight excluding hydrogens is 360 g/mol. The normalized spacial score (nSPS) is 17.5. The number of para-hydroxylation sites is 1. The Labute approximate surface area is 159 Å². The molecule has 144 valence electrons. The van der Waals surface area contributed by atoms with Crippen molar-refractivity contribution < 1.29 is 4.74 Å². The van der Waals surface area contributed by atoms with E-state index in [9.17, 15) is 4.79 Å². The summed E-state index contributed by atoms with van der Waals surface area (Å²) in [6.07, 6.45) is 2.68. The van der Waals surface area contributed by atoms with Gasteiger partial charge in [-0.25, -0.2) is 4.68 Å². The average Bonchev–Trinajstić information content (AvgIpc) is 3.34. The molecule has 1 saturated heterocycles. The fourth-order valence-electron chi connectivity index (χ4n) is 3.65. The van der Waals surface area contributed by atoms with Crippen LogP contribution in [-0.2, 0) is 24.8 Å². The highest BCUT2D eigenvalue weighted by molar-refractivity contribution is 5.80. The van der Waals surface area contributed by atoms with Crippen molar-refractivity contribution in [1.82, 2.24) is 39.5 Å². The molecule has 3 aromatic heterocycles. The van der Waals surface area contributed by atoms with Gasteiger partial charge < -0.3 is 10.1 Å². The molecule has 0 saturated carbocycles. The topological polar surface area (TPSA) is 104 Å². The van der Waals surface area contributed by atoms with E-state index in [2.05, 4.69) is 25.8 Å². The van der Waals surface area contributed by atoms with Crippen molar-refractivity contribution in [2.75, 3.05) is 19.8 Å².